The summed E-state index contributed by atoms with van der Waals surface area (Å²) in [6.45, 7) is 5.72. The number of likely N-dealkylation sites (tertiary alicyclic amines) is 1. The minimum atomic E-state index is -0.565. The van der Waals surface area contributed by atoms with Gasteiger partial charge in [-0.25, -0.2) is 0 Å². The highest BCUT2D eigenvalue weighted by Gasteiger charge is 2.46. The van der Waals surface area contributed by atoms with Gasteiger partial charge in [0.2, 0.25) is 5.91 Å². The second-order valence-corrected chi connectivity index (χ2v) is 8.64. The number of hydrogen-bond acceptors (Lipinski definition) is 4. The summed E-state index contributed by atoms with van der Waals surface area (Å²) in [5.41, 5.74) is 2.54. The van der Waals surface area contributed by atoms with Crippen molar-refractivity contribution in [2.45, 2.75) is 70.1 Å². The Morgan fingerprint density at radius 1 is 1.19 bits per heavy atom. The van der Waals surface area contributed by atoms with Crippen molar-refractivity contribution in [3.05, 3.63) is 29.3 Å². The minimum absolute atomic E-state index is 0.0694. The molecule has 3 rings (SSSR count). The summed E-state index contributed by atoms with van der Waals surface area (Å²) in [5, 5.41) is 13.8. The van der Waals surface area contributed by atoms with Crippen LogP contribution in [0.2, 0.25) is 0 Å². The number of aliphatic hydroxyl groups excluding tert-OH is 1. The highest BCUT2D eigenvalue weighted by atomic mass is 16.3. The van der Waals surface area contributed by atoms with Crippen molar-refractivity contribution in [2.24, 2.45) is 0 Å². The average Bonchev–Trinajstić information content (AvgIpc) is 2.65. The molecule has 2 fully saturated rings. The zero-order valence-corrected chi connectivity index (χ0v) is 17.3. The van der Waals surface area contributed by atoms with Crippen LogP contribution < -0.4 is 5.32 Å². The predicted octanol–water partition coefficient (Wildman–Crippen LogP) is 2.94. The molecule has 3 atom stereocenters. The molecule has 1 saturated carbocycles. The van der Waals surface area contributed by atoms with E-state index in [9.17, 15) is 9.90 Å². The van der Waals surface area contributed by atoms with Gasteiger partial charge in [-0.3, -0.25) is 14.6 Å². The molecule has 2 N–H and O–H groups in total. The summed E-state index contributed by atoms with van der Waals surface area (Å²) in [5.74, 6) is 0.0694. The zero-order chi connectivity index (χ0) is 19.6. The number of nitrogens with zero attached hydrogens (tertiary/aromatic N) is 2. The third kappa shape index (κ3) is 4.05. The maximum Gasteiger partial charge on any atom is 0.246 e. The van der Waals surface area contributed by atoms with Gasteiger partial charge in [-0.2, -0.15) is 0 Å². The molecule has 0 spiro atoms. The van der Waals surface area contributed by atoms with Crippen molar-refractivity contribution in [2.75, 3.05) is 32.5 Å². The molecule has 5 nitrogen and oxygen atoms in total. The number of benzene rings is 1. The molecule has 1 aliphatic carbocycles. The lowest BCUT2D eigenvalue weighted by molar-refractivity contribution is -0.132. The van der Waals surface area contributed by atoms with Gasteiger partial charge in [0.1, 0.15) is 5.54 Å². The highest BCUT2D eigenvalue weighted by molar-refractivity contribution is 5.99. The topological polar surface area (TPSA) is 55.8 Å². The SMILES string of the molecule is Cc1cccc(C)c1NC(=O)C1(N(C)C)CCCN([C@@H]2CCCC[C@H]2O)C1. The van der Waals surface area contributed by atoms with Gasteiger partial charge < -0.3 is 10.4 Å². The molecule has 0 bridgehead atoms. The Bertz CT molecular complexity index is 655. The lowest BCUT2D eigenvalue weighted by atomic mass is 9.83. The van der Waals surface area contributed by atoms with Gasteiger partial charge in [0.15, 0.2) is 0 Å². The Labute approximate surface area is 163 Å². The number of amides is 1. The van der Waals surface area contributed by atoms with Crippen molar-refractivity contribution < 1.29 is 9.90 Å². The summed E-state index contributed by atoms with van der Waals surface area (Å²) in [7, 11) is 4.01. The number of anilines is 1. The van der Waals surface area contributed by atoms with E-state index in [-0.39, 0.29) is 18.1 Å². The molecule has 5 heteroatoms. The first-order chi connectivity index (χ1) is 12.8. The lowest BCUT2D eigenvalue weighted by Crippen LogP contribution is -2.65. The molecule has 1 amide bonds. The summed E-state index contributed by atoms with van der Waals surface area (Å²) >= 11 is 0. The van der Waals surface area contributed by atoms with E-state index < -0.39 is 5.54 Å². The third-order valence-electron chi connectivity index (χ3n) is 6.66. The molecule has 1 heterocycles. The van der Waals surface area contributed by atoms with Gasteiger partial charge >= 0.3 is 0 Å². The Hall–Kier alpha value is -1.43. The normalized spacial score (nSPS) is 29.7. The zero-order valence-electron chi connectivity index (χ0n) is 17.3. The van der Waals surface area contributed by atoms with Crippen molar-refractivity contribution in [3.8, 4) is 0 Å². The van der Waals surface area contributed by atoms with Crippen LogP contribution in [0.25, 0.3) is 0 Å². The minimum Gasteiger partial charge on any atom is -0.391 e. The summed E-state index contributed by atoms with van der Waals surface area (Å²) in [4.78, 5) is 18.0. The molecule has 0 radical (unpaired) electrons. The molecule has 1 saturated heterocycles. The molecule has 2 aliphatic rings. The van der Waals surface area contributed by atoms with E-state index in [1.54, 1.807) is 0 Å². The largest absolute Gasteiger partial charge is 0.391 e. The first kappa shape index (κ1) is 20.3. The first-order valence-electron chi connectivity index (χ1n) is 10.3. The van der Waals surface area contributed by atoms with Crippen LogP contribution in [-0.2, 0) is 4.79 Å². The number of carbonyl (C=O) groups is 1. The number of piperidine rings is 1. The van der Waals surface area contributed by atoms with Crippen molar-refractivity contribution >= 4 is 11.6 Å². The second kappa shape index (κ2) is 8.29. The molecule has 0 aromatic heterocycles. The number of nitrogens with one attached hydrogen (secondary N) is 1. The fourth-order valence-electron chi connectivity index (χ4n) is 4.86. The fraction of sp³-hybridized carbons (Fsp3) is 0.682. The fourth-order valence-corrected chi connectivity index (χ4v) is 4.86. The van der Waals surface area contributed by atoms with Crippen molar-refractivity contribution in [1.29, 1.82) is 0 Å². The van der Waals surface area contributed by atoms with E-state index in [0.717, 1.165) is 55.5 Å². The molecule has 1 unspecified atom stereocenters. The summed E-state index contributed by atoms with van der Waals surface area (Å²) in [6, 6.07) is 6.29. The molecule has 1 aromatic carbocycles. The van der Waals surface area contributed by atoms with Crippen LogP contribution in [-0.4, -0.2) is 65.7 Å². The van der Waals surface area contributed by atoms with Gasteiger partial charge in [0.25, 0.3) is 0 Å². The van der Waals surface area contributed by atoms with Crippen LogP contribution in [0.1, 0.15) is 49.7 Å². The maximum absolute atomic E-state index is 13.5. The summed E-state index contributed by atoms with van der Waals surface area (Å²) in [6.07, 6.45) is 5.74. The van der Waals surface area contributed by atoms with Crippen LogP contribution in [0.5, 0.6) is 0 Å². The summed E-state index contributed by atoms with van der Waals surface area (Å²) < 4.78 is 0. The van der Waals surface area contributed by atoms with Crippen LogP contribution in [0, 0.1) is 13.8 Å². The monoisotopic (exact) mass is 373 g/mol. The highest BCUT2D eigenvalue weighted by Crippen LogP contribution is 2.33. The van der Waals surface area contributed by atoms with Gasteiger partial charge in [-0.1, -0.05) is 31.0 Å². The number of aryl methyl sites for hydroxylation is 2. The average molecular weight is 374 g/mol. The Balaban J connectivity index is 1.83. The molecule has 1 aliphatic heterocycles. The second-order valence-electron chi connectivity index (χ2n) is 8.64. The number of carbonyl (C=O) groups excluding carboxylic acids is 1. The lowest BCUT2D eigenvalue weighted by Gasteiger charge is -2.49. The smallest absolute Gasteiger partial charge is 0.246 e. The molecule has 27 heavy (non-hydrogen) atoms. The Kier molecular flexibility index (Phi) is 6.24. The first-order valence-corrected chi connectivity index (χ1v) is 10.3. The number of aliphatic hydroxyl groups is 1. The number of likely N-dealkylation sites (N-methyl/N-ethyl adjacent to an activating group) is 1. The standard InChI is InChI=1S/C22H35N3O2/c1-16-9-7-10-17(2)20(16)23-21(27)22(24(3)4)13-8-14-25(15-22)18-11-5-6-12-19(18)26/h7,9-10,18-19,26H,5-6,8,11-15H2,1-4H3,(H,23,27)/t18-,19-,22?/m1/s1. The van der Waals surface area contributed by atoms with E-state index in [1.165, 1.54) is 6.42 Å². The maximum atomic E-state index is 13.5. The van der Waals surface area contributed by atoms with E-state index in [4.69, 9.17) is 0 Å². The van der Waals surface area contributed by atoms with Crippen molar-refractivity contribution in [1.82, 2.24) is 9.80 Å². The Morgan fingerprint density at radius 3 is 2.48 bits per heavy atom. The van der Waals surface area contributed by atoms with Crippen molar-refractivity contribution in [3.63, 3.8) is 0 Å². The predicted molar refractivity (Wildman–Crippen MR) is 110 cm³/mol. The van der Waals surface area contributed by atoms with Gasteiger partial charge in [0, 0.05) is 18.3 Å². The van der Waals surface area contributed by atoms with Crippen LogP contribution in [0.15, 0.2) is 18.2 Å². The van der Waals surface area contributed by atoms with E-state index in [1.807, 2.05) is 46.1 Å². The Morgan fingerprint density at radius 2 is 1.85 bits per heavy atom. The number of hydrogen-bond donors (Lipinski definition) is 2. The van der Waals surface area contributed by atoms with E-state index in [0.29, 0.717) is 6.54 Å². The molecular formula is C22H35N3O2. The van der Waals surface area contributed by atoms with Crippen LogP contribution in [0.4, 0.5) is 5.69 Å². The van der Waals surface area contributed by atoms with E-state index in [2.05, 4.69) is 15.1 Å². The number of rotatable bonds is 4. The van der Waals surface area contributed by atoms with E-state index >= 15 is 0 Å². The quantitative estimate of drug-likeness (QED) is 0.852. The van der Waals surface area contributed by atoms with Crippen LogP contribution >= 0.6 is 0 Å². The third-order valence-corrected chi connectivity index (χ3v) is 6.66. The van der Waals surface area contributed by atoms with Gasteiger partial charge in [-0.15, -0.1) is 0 Å². The van der Waals surface area contributed by atoms with Crippen LogP contribution in [0.3, 0.4) is 0 Å². The van der Waals surface area contributed by atoms with Gasteiger partial charge in [-0.05, 0) is 71.3 Å². The molecule has 1 aromatic rings. The molecular weight excluding hydrogens is 338 g/mol. The number of para-hydroxylation sites is 1. The van der Waals surface area contributed by atoms with Gasteiger partial charge in [0.05, 0.1) is 6.10 Å². The molecule has 150 valence electrons.